The zero-order valence-electron chi connectivity index (χ0n) is 24.2. The maximum absolute atomic E-state index is 8.78. The molecule has 10 N–H and O–H groups in total. The molecule has 0 aliphatic heterocycles. The van der Waals surface area contributed by atoms with Crippen LogP contribution in [0, 0.1) is 4.43 Å². The Bertz CT molecular complexity index is 759. The second-order valence-electron chi connectivity index (χ2n) is 6.94. The van der Waals surface area contributed by atoms with Gasteiger partial charge in [-0.05, 0) is 37.3 Å². The van der Waals surface area contributed by atoms with Crippen LogP contribution in [0.3, 0.4) is 0 Å². The molecule has 0 saturated heterocycles. The molecular weight excluding hydrogens is 717 g/mol. The van der Waals surface area contributed by atoms with Crippen LogP contribution in [-0.2, 0) is 18.6 Å². The van der Waals surface area contributed by atoms with Crippen LogP contribution in [-0.4, -0.2) is 72.0 Å². The number of nitrogens with zero attached hydrogens (tertiary/aromatic N) is 6. The molecule has 0 aliphatic carbocycles. The Kier molecular flexibility index (Phi) is 51.1. The minimum atomic E-state index is 0. The fourth-order valence-corrected chi connectivity index (χ4v) is 2.20. The summed E-state index contributed by atoms with van der Waals surface area (Å²) in [6, 6.07) is 0. The summed E-state index contributed by atoms with van der Waals surface area (Å²) in [5.41, 5.74) is 1.92. The van der Waals surface area contributed by atoms with E-state index in [0.717, 1.165) is 51.9 Å². The van der Waals surface area contributed by atoms with E-state index in [9.17, 15) is 0 Å². The van der Waals surface area contributed by atoms with E-state index in [1.54, 1.807) is 0 Å². The van der Waals surface area contributed by atoms with Crippen LogP contribution in [0.25, 0.3) is 0 Å². The first-order valence-corrected chi connectivity index (χ1v) is 13.8. The molecule has 0 saturated carbocycles. The SMILES string of the molecule is C.CCCNc1nc(Cl)nc(NCCC)n1.CCCNc1nc(NO)nc(NCCC)n1.CC[CH-]I.NO.[Na+].[OH-].[V]. The topological polar surface area (TPSA) is 234 Å². The first-order chi connectivity index (χ1) is 18.0. The average Bonchev–Trinajstić information content (AvgIpc) is 2.93. The zero-order chi connectivity index (χ0) is 28.3. The standard InChI is InChI=1S/C9H16ClN5.C9H18N6O.C3H6I.CH4.H3NO.Na.H2O.V/c1-3-5-11-8-13-7(10)14-9(15-8)12-6-4-2;1-3-5-10-7-12-8(11-6-4-2)14-9(13-7)15-16;1-2-3-4;;1-2;;;/h3-6H2,1-2H3,(H2,11,12,13,14,15);16H,3-6H2,1-2H3,(H3,10,11,12,13,14,15);3H,2H2,1H3;1H4;2H,1H2;;1H2;/q;;-1;;;+1;;/p-1. The van der Waals surface area contributed by atoms with Gasteiger partial charge in [0, 0.05) is 44.7 Å². The summed E-state index contributed by atoms with van der Waals surface area (Å²) < 4.78 is 2.09. The summed E-state index contributed by atoms with van der Waals surface area (Å²) in [5, 5.41) is 27.7. The molecule has 41 heavy (non-hydrogen) atoms. The first kappa shape index (κ1) is 53.1. The summed E-state index contributed by atoms with van der Waals surface area (Å²) >= 11 is 7.99. The van der Waals surface area contributed by atoms with Crippen molar-refractivity contribution in [2.45, 2.75) is 74.1 Å². The summed E-state index contributed by atoms with van der Waals surface area (Å²) in [4.78, 5) is 24.2. The van der Waals surface area contributed by atoms with Gasteiger partial charge in [-0.15, -0.1) is 0 Å². The second-order valence-corrected chi connectivity index (χ2v) is 8.16. The Morgan fingerprint density at radius 2 is 0.927 bits per heavy atom. The van der Waals surface area contributed by atoms with Crippen LogP contribution in [0.5, 0.6) is 0 Å². The molecular formula is C22H48ClIN12NaO3V-. The predicted molar refractivity (Wildman–Crippen MR) is 168 cm³/mol. The van der Waals surface area contributed by atoms with E-state index in [4.69, 9.17) is 22.0 Å². The molecule has 0 bridgehead atoms. The van der Waals surface area contributed by atoms with E-state index >= 15 is 0 Å². The third kappa shape index (κ3) is 30.7. The summed E-state index contributed by atoms with van der Waals surface area (Å²) in [6.45, 7) is 13.6. The third-order valence-corrected chi connectivity index (χ3v) is 4.68. The van der Waals surface area contributed by atoms with Crippen molar-refractivity contribution in [3.8, 4) is 0 Å². The molecule has 0 fully saturated rings. The van der Waals surface area contributed by atoms with Gasteiger partial charge in [0.15, 0.2) is 0 Å². The Balaban J connectivity index is -0.000000116. The average molecular weight is 765 g/mol. The minimum absolute atomic E-state index is 0. The number of halogens is 2. The molecule has 0 aromatic carbocycles. The van der Waals surface area contributed by atoms with E-state index in [1.165, 1.54) is 6.42 Å². The zero-order valence-corrected chi connectivity index (χ0v) is 30.6. The van der Waals surface area contributed by atoms with E-state index in [1.807, 2.05) is 5.48 Å². The van der Waals surface area contributed by atoms with Crippen molar-refractivity contribution in [3.63, 3.8) is 0 Å². The van der Waals surface area contributed by atoms with E-state index in [0.29, 0.717) is 23.8 Å². The molecule has 0 unspecified atom stereocenters. The normalized spacial score (nSPS) is 8.44. The number of nitrogens with two attached hydrogens (primary N) is 1. The van der Waals surface area contributed by atoms with Gasteiger partial charge in [-0.1, -0.05) is 42.0 Å². The molecule has 2 aromatic rings. The van der Waals surface area contributed by atoms with Crippen molar-refractivity contribution >= 4 is 63.9 Å². The Hall–Kier alpha value is -0.536. The van der Waals surface area contributed by atoms with Gasteiger partial charge in [-0.3, -0.25) is 9.63 Å². The maximum atomic E-state index is 8.78. The number of hydrogen-bond donors (Lipinski definition) is 8. The van der Waals surface area contributed by atoms with Gasteiger partial charge in [0.05, 0.1) is 0 Å². The van der Waals surface area contributed by atoms with Gasteiger partial charge in [0.2, 0.25) is 29.1 Å². The molecule has 2 heterocycles. The quantitative estimate of drug-likeness (QED) is 0.0597. The molecule has 0 aliphatic rings. The van der Waals surface area contributed by atoms with Crippen molar-refractivity contribution in [1.82, 2.24) is 29.9 Å². The monoisotopic (exact) mass is 764 g/mol. The summed E-state index contributed by atoms with van der Waals surface area (Å²) in [6.07, 6.45) is 5.17. The van der Waals surface area contributed by atoms with Gasteiger partial charge in [-0.25, -0.2) is 11.4 Å². The molecule has 0 atom stereocenters. The number of aromatic nitrogens is 6. The van der Waals surface area contributed by atoms with E-state index in [-0.39, 0.29) is 72.2 Å². The molecule has 1 radical (unpaired) electrons. The van der Waals surface area contributed by atoms with E-state index in [2.05, 4.69) is 119 Å². The fraction of sp³-hybridized carbons (Fsp3) is 0.682. The molecule has 19 heteroatoms. The molecule has 15 nitrogen and oxygen atoms in total. The van der Waals surface area contributed by atoms with Gasteiger partial charge >= 0.3 is 29.6 Å². The number of rotatable bonds is 14. The van der Waals surface area contributed by atoms with Crippen LogP contribution in [0.2, 0.25) is 5.28 Å². The van der Waals surface area contributed by atoms with Crippen molar-refractivity contribution in [3.05, 3.63) is 9.71 Å². The molecule has 235 valence electrons. The van der Waals surface area contributed by atoms with Crippen LogP contribution < -0.4 is 62.2 Å². The molecule has 2 aromatic heterocycles. The third-order valence-electron chi connectivity index (χ3n) is 3.63. The molecule has 0 amide bonds. The largest absolute Gasteiger partial charge is 1.00 e. The summed E-state index contributed by atoms with van der Waals surface area (Å²) in [5.74, 6) is 5.58. The van der Waals surface area contributed by atoms with Crippen LogP contribution in [0.1, 0.15) is 74.1 Å². The van der Waals surface area contributed by atoms with Crippen molar-refractivity contribution in [2.75, 3.05) is 52.9 Å². The number of nitrogens with one attached hydrogen (secondary N) is 5. The minimum Gasteiger partial charge on any atom is -0.870 e. The van der Waals surface area contributed by atoms with Crippen molar-refractivity contribution in [1.29, 1.82) is 0 Å². The summed E-state index contributed by atoms with van der Waals surface area (Å²) in [7, 11) is 0. The molecule has 2 rings (SSSR count). The Morgan fingerprint density at radius 1 is 0.683 bits per heavy atom. The Morgan fingerprint density at radius 3 is 1.15 bits per heavy atom. The van der Waals surface area contributed by atoms with Crippen LogP contribution in [0.15, 0.2) is 0 Å². The van der Waals surface area contributed by atoms with Crippen molar-refractivity contribution < 1.29 is 64.0 Å². The second kappa shape index (κ2) is 39.5. The maximum Gasteiger partial charge on any atom is 1.00 e. The fourth-order valence-electron chi connectivity index (χ4n) is 2.04. The van der Waals surface area contributed by atoms with Gasteiger partial charge < -0.3 is 54.5 Å². The van der Waals surface area contributed by atoms with Gasteiger partial charge in [0.25, 0.3) is 5.95 Å². The van der Waals surface area contributed by atoms with Gasteiger partial charge in [0.1, 0.15) is 0 Å². The Labute approximate surface area is 298 Å². The molecule has 0 spiro atoms. The predicted octanol–water partition coefficient (Wildman–Crippen LogP) is 2.27. The van der Waals surface area contributed by atoms with Crippen molar-refractivity contribution in [2.24, 2.45) is 5.90 Å². The van der Waals surface area contributed by atoms with Crippen LogP contribution >= 0.6 is 34.2 Å². The number of hydrogen-bond acceptors (Lipinski definition) is 15. The van der Waals surface area contributed by atoms with Gasteiger partial charge in [-0.2, -0.15) is 36.3 Å². The number of anilines is 5. The smallest absolute Gasteiger partial charge is 0.870 e. The first-order valence-electron chi connectivity index (χ1n) is 12.2. The van der Waals surface area contributed by atoms with E-state index < -0.39 is 0 Å². The van der Waals surface area contributed by atoms with Crippen LogP contribution in [0.4, 0.5) is 29.7 Å².